The number of carbonyl (C=O) groups excluding carboxylic acids is 1. The Morgan fingerprint density at radius 2 is 1.64 bits per heavy atom. The van der Waals surface area contributed by atoms with E-state index in [1.54, 1.807) is 7.11 Å². The smallest absolute Gasteiger partial charge is 0.316 e. The number of esters is 1. The summed E-state index contributed by atoms with van der Waals surface area (Å²) in [6, 6.07) is 17.7. The van der Waals surface area contributed by atoms with Crippen LogP contribution in [0.2, 0.25) is 0 Å². The van der Waals surface area contributed by atoms with E-state index in [-0.39, 0.29) is 5.97 Å². The second-order valence-electron chi connectivity index (χ2n) is 7.03. The van der Waals surface area contributed by atoms with Gasteiger partial charge in [0.05, 0.1) is 19.1 Å². The van der Waals surface area contributed by atoms with Crippen molar-refractivity contribution in [3.63, 3.8) is 0 Å². The van der Waals surface area contributed by atoms with Gasteiger partial charge >= 0.3 is 5.97 Å². The van der Waals surface area contributed by atoms with Crippen molar-refractivity contribution in [1.29, 1.82) is 0 Å². The third-order valence-corrected chi connectivity index (χ3v) is 5.44. The van der Waals surface area contributed by atoms with E-state index in [4.69, 9.17) is 14.2 Å². The molecule has 0 N–H and O–H groups in total. The van der Waals surface area contributed by atoms with Gasteiger partial charge in [0.25, 0.3) is 0 Å². The molecule has 5 heteroatoms. The number of hydrogen-bond donors (Lipinski definition) is 0. The summed E-state index contributed by atoms with van der Waals surface area (Å²) >= 11 is 0. The zero-order chi connectivity index (χ0) is 19.8. The van der Waals surface area contributed by atoms with Gasteiger partial charge in [0.15, 0.2) is 0 Å². The third kappa shape index (κ3) is 4.65. The molecule has 0 bridgehead atoms. The van der Waals surface area contributed by atoms with E-state index in [0.29, 0.717) is 13.2 Å². The third-order valence-electron chi connectivity index (χ3n) is 5.44. The van der Waals surface area contributed by atoms with E-state index in [2.05, 4.69) is 4.90 Å². The zero-order valence-electron chi connectivity index (χ0n) is 16.7. The predicted octanol–water partition coefficient (Wildman–Crippen LogP) is 3.67. The molecule has 5 nitrogen and oxygen atoms in total. The number of nitrogens with zero attached hydrogens (tertiary/aromatic N) is 1. The average molecular weight is 383 g/mol. The molecule has 1 fully saturated rings. The Morgan fingerprint density at radius 1 is 1.00 bits per heavy atom. The summed E-state index contributed by atoms with van der Waals surface area (Å²) in [7, 11) is 1.65. The van der Waals surface area contributed by atoms with Gasteiger partial charge in [-0.15, -0.1) is 0 Å². The van der Waals surface area contributed by atoms with Crippen LogP contribution in [0, 0.1) is 0 Å². The highest BCUT2D eigenvalue weighted by atomic mass is 16.5. The van der Waals surface area contributed by atoms with Crippen molar-refractivity contribution in [2.75, 3.05) is 40.0 Å². The second kappa shape index (κ2) is 9.60. The van der Waals surface area contributed by atoms with Crippen molar-refractivity contribution < 1.29 is 19.0 Å². The van der Waals surface area contributed by atoms with Gasteiger partial charge in [0.1, 0.15) is 18.1 Å². The molecule has 2 aromatic rings. The van der Waals surface area contributed by atoms with Crippen LogP contribution in [-0.2, 0) is 14.9 Å². The van der Waals surface area contributed by atoms with E-state index in [0.717, 1.165) is 49.5 Å². The maximum Gasteiger partial charge on any atom is 0.316 e. The zero-order valence-corrected chi connectivity index (χ0v) is 16.7. The first-order valence-electron chi connectivity index (χ1n) is 9.90. The van der Waals surface area contributed by atoms with Gasteiger partial charge in [-0.3, -0.25) is 9.69 Å². The standard InChI is InChI=1S/C23H29NO4/c1-3-27-22(25)23(19-7-5-4-6-8-19)13-15-24(16-14-23)17-18-28-21-11-9-20(26-2)10-12-21/h4-12H,3,13-18H2,1-2H3. The molecule has 0 amide bonds. The molecule has 3 rings (SSSR count). The van der Waals surface area contributed by atoms with E-state index < -0.39 is 5.41 Å². The van der Waals surface area contributed by atoms with E-state index >= 15 is 0 Å². The summed E-state index contributed by atoms with van der Waals surface area (Å²) in [5, 5.41) is 0. The molecule has 0 aliphatic carbocycles. The van der Waals surface area contributed by atoms with Gasteiger partial charge in [-0.2, -0.15) is 0 Å². The molecule has 1 aliphatic rings. The predicted molar refractivity (Wildman–Crippen MR) is 109 cm³/mol. The highest BCUT2D eigenvalue weighted by Gasteiger charge is 2.44. The molecular weight excluding hydrogens is 354 g/mol. The summed E-state index contributed by atoms with van der Waals surface area (Å²) in [5.41, 5.74) is 0.521. The van der Waals surface area contributed by atoms with Crippen LogP contribution in [0.3, 0.4) is 0 Å². The first kappa shape index (κ1) is 20.2. The summed E-state index contributed by atoms with van der Waals surface area (Å²) in [6.07, 6.45) is 1.52. The lowest BCUT2D eigenvalue weighted by atomic mass is 9.72. The summed E-state index contributed by atoms with van der Waals surface area (Å²) in [6.45, 7) is 5.41. The Hall–Kier alpha value is -2.53. The van der Waals surface area contributed by atoms with Crippen LogP contribution in [0.4, 0.5) is 0 Å². The number of benzene rings is 2. The molecule has 28 heavy (non-hydrogen) atoms. The fraction of sp³-hybridized carbons (Fsp3) is 0.435. The number of carbonyl (C=O) groups is 1. The minimum atomic E-state index is -0.537. The van der Waals surface area contributed by atoms with Gasteiger partial charge < -0.3 is 14.2 Å². The molecule has 1 saturated heterocycles. The summed E-state index contributed by atoms with van der Waals surface area (Å²) < 4.78 is 16.4. The Labute approximate surface area is 167 Å². The molecule has 0 unspecified atom stereocenters. The number of methoxy groups -OCH3 is 1. The van der Waals surface area contributed by atoms with Crippen LogP contribution in [0.25, 0.3) is 0 Å². The molecule has 0 saturated carbocycles. The van der Waals surface area contributed by atoms with Crippen molar-refractivity contribution in [3.8, 4) is 11.5 Å². The van der Waals surface area contributed by atoms with Gasteiger partial charge in [0, 0.05) is 6.54 Å². The van der Waals surface area contributed by atoms with Crippen LogP contribution in [0.5, 0.6) is 11.5 Å². The monoisotopic (exact) mass is 383 g/mol. The van der Waals surface area contributed by atoms with Crippen molar-refractivity contribution in [1.82, 2.24) is 4.90 Å². The van der Waals surface area contributed by atoms with Gasteiger partial charge in [0.2, 0.25) is 0 Å². The quantitative estimate of drug-likeness (QED) is 0.651. The number of likely N-dealkylation sites (tertiary alicyclic amines) is 1. The fourth-order valence-electron chi connectivity index (χ4n) is 3.76. The minimum absolute atomic E-state index is 0.102. The molecule has 0 aromatic heterocycles. The normalized spacial score (nSPS) is 16.4. The van der Waals surface area contributed by atoms with Crippen molar-refractivity contribution >= 4 is 5.97 Å². The largest absolute Gasteiger partial charge is 0.497 e. The molecule has 150 valence electrons. The van der Waals surface area contributed by atoms with Gasteiger partial charge in [-0.05, 0) is 62.7 Å². The lowest BCUT2D eigenvalue weighted by molar-refractivity contribution is -0.152. The maximum atomic E-state index is 12.8. The Balaban J connectivity index is 1.55. The van der Waals surface area contributed by atoms with Gasteiger partial charge in [-0.1, -0.05) is 30.3 Å². The van der Waals surface area contributed by atoms with E-state index in [1.165, 1.54) is 0 Å². The maximum absolute atomic E-state index is 12.8. The molecule has 0 spiro atoms. The van der Waals surface area contributed by atoms with Gasteiger partial charge in [-0.25, -0.2) is 0 Å². The molecule has 1 heterocycles. The van der Waals surface area contributed by atoms with Crippen LogP contribution in [0.15, 0.2) is 54.6 Å². The molecule has 1 aliphatic heterocycles. The minimum Gasteiger partial charge on any atom is -0.497 e. The lowest BCUT2D eigenvalue weighted by Crippen LogP contribution is -2.48. The van der Waals surface area contributed by atoms with Crippen LogP contribution >= 0.6 is 0 Å². The number of ether oxygens (including phenoxy) is 3. The molecule has 0 radical (unpaired) electrons. The van der Waals surface area contributed by atoms with Crippen LogP contribution < -0.4 is 9.47 Å². The topological polar surface area (TPSA) is 48.0 Å². The SMILES string of the molecule is CCOC(=O)C1(c2ccccc2)CCN(CCOc2ccc(OC)cc2)CC1. The fourth-order valence-corrected chi connectivity index (χ4v) is 3.76. The molecular formula is C23H29NO4. The van der Waals surface area contributed by atoms with E-state index in [1.807, 2.05) is 61.5 Å². The number of piperidine rings is 1. The van der Waals surface area contributed by atoms with Crippen LogP contribution in [0.1, 0.15) is 25.3 Å². The summed E-state index contributed by atoms with van der Waals surface area (Å²) in [4.78, 5) is 15.2. The number of hydrogen-bond acceptors (Lipinski definition) is 5. The van der Waals surface area contributed by atoms with E-state index in [9.17, 15) is 4.79 Å². The van der Waals surface area contributed by atoms with Crippen molar-refractivity contribution in [2.45, 2.75) is 25.2 Å². The highest BCUT2D eigenvalue weighted by Crippen LogP contribution is 2.36. The van der Waals surface area contributed by atoms with Crippen molar-refractivity contribution in [2.24, 2.45) is 0 Å². The average Bonchev–Trinajstić information content (AvgIpc) is 2.75. The lowest BCUT2D eigenvalue weighted by Gasteiger charge is -2.40. The second-order valence-corrected chi connectivity index (χ2v) is 7.03. The molecule has 0 atom stereocenters. The van der Waals surface area contributed by atoms with Crippen molar-refractivity contribution in [3.05, 3.63) is 60.2 Å². The Morgan fingerprint density at radius 3 is 2.25 bits per heavy atom. The Kier molecular flexibility index (Phi) is 6.93. The van der Waals surface area contributed by atoms with Crippen LogP contribution in [-0.4, -0.2) is 50.8 Å². The number of rotatable bonds is 8. The highest BCUT2D eigenvalue weighted by molar-refractivity contribution is 5.83. The Bertz CT molecular complexity index is 737. The first-order chi connectivity index (χ1) is 13.7. The molecule has 2 aromatic carbocycles. The first-order valence-corrected chi connectivity index (χ1v) is 9.90. The summed E-state index contributed by atoms with van der Waals surface area (Å²) in [5.74, 6) is 1.55.